The fourth-order valence-electron chi connectivity index (χ4n) is 2.61. The first kappa shape index (κ1) is 21.8. The van der Waals surface area contributed by atoms with Crippen LogP contribution in [0.2, 0.25) is 5.02 Å². The minimum absolute atomic E-state index is 0.0603. The minimum atomic E-state index is -4.55. The third-order valence-corrected chi connectivity index (χ3v) is 4.32. The number of nitrogens with zero attached hydrogens (tertiary/aromatic N) is 1. The van der Waals surface area contributed by atoms with Crippen molar-refractivity contribution in [2.75, 3.05) is 23.7 Å². The van der Waals surface area contributed by atoms with Gasteiger partial charge in [-0.3, -0.25) is 0 Å². The summed E-state index contributed by atoms with van der Waals surface area (Å²) in [5.41, 5.74) is -1.17. The molecule has 160 valence electrons. The molecule has 0 saturated carbocycles. The van der Waals surface area contributed by atoms with Gasteiger partial charge in [-0.25, -0.2) is 4.98 Å². The summed E-state index contributed by atoms with van der Waals surface area (Å²) in [4.78, 5) is 3.66. The maximum atomic E-state index is 13.0. The molecular weight excluding hydrogens is 436 g/mol. The highest BCUT2D eigenvalue weighted by Gasteiger charge is 2.32. The first-order chi connectivity index (χ1) is 14.1. The van der Waals surface area contributed by atoms with Gasteiger partial charge in [0, 0.05) is 30.5 Å². The number of halogens is 7. The average molecular weight is 450 g/mol. The van der Waals surface area contributed by atoms with Crippen molar-refractivity contribution in [3.63, 3.8) is 0 Å². The summed E-state index contributed by atoms with van der Waals surface area (Å²) in [6.45, 7) is 0.412. The van der Waals surface area contributed by atoms with Gasteiger partial charge in [0.05, 0.1) is 22.4 Å². The van der Waals surface area contributed by atoms with Crippen LogP contribution < -0.4 is 10.6 Å². The average Bonchev–Trinajstić information content (AvgIpc) is 3.19. The molecule has 2 heterocycles. The number of rotatable bonds is 6. The van der Waals surface area contributed by atoms with E-state index in [1.165, 1.54) is 18.4 Å². The lowest BCUT2D eigenvalue weighted by Crippen LogP contribution is -2.16. The minimum Gasteiger partial charge on any atom is -0.464 e. The highest BCUT2D eigenvalue weighted by atomic mass is 35.5. The lowest BCUT2D eigenvalue weighted by molar-refractivity contribution is -0.138. The lowest BCUT2D eigenvalue weighted by atomic mass is 10.1. The van der Waals surface area contributed by atoms with Crippen molar-refractivity contribution in [1.29, 1.82) is 0 Å². The molecule has 30 heavy (non-hydrogen) atoms. The molecule has 0 aliphatic heterocycles. The second kappa shape index (κ2) is 8.47. The Hall–Kier alpha value is -2.88. The van der Waals surface area contributed by atoms with Crippen molar-refractivity contribution < 1.29 is 30.8 Å². The smallest absolute Gasteiger partial charge is 0.417 e. The molecule has 2 N–H and O–H groups in total. The molecule has 0 unspecified atom stereocenters. The molecule has 0 bridgehead atoms. The van der Waals surface area contributed by atoms with Crippen LogP contribution in [0.4, 0.5) is 37.8 Å². The zero-order valence-corrected chi connectivity index (χ0v) is 15.8. The van der Waals surface area contributed by atoms with Gasteiger partial charge in [-0.2, -0.15) is 26.3 Å². The first-order valence-electron chi connectivity index (χ1n) is 8.51. The molecule has 0 atom stereocenters. The highest BCUT2D eigenvalue weighted by molar-refractivity contribution is 6.32. The summed E-state index contributed by atoms with van der Waals surface area (Å²) in [5.74, 6) is 0.314. The molecular formula is C19H14ClF6N3O. The quantitative estimate of drug-likeness (QED) is 0.330. The Morgan fingerprint density at radius 2 is 1.60 bits per heavy atom. The molecule has 0 saturated heterocycles. The van der Waals surface area contributed by atoms with Crippen molar-refractivity contribution in [2.45, 2.75) is 12.4 Å². The van der Waals surface area contributed by atoms with E-state index in [0.717, 1.165) is 18.2 Å². The van der Waals surface area contributed by atoms with Crippen molar-refractivity contribution >= 4 is 23.1 Å². The highest BCUT2D eigenvalue weighted by Crippen LogP contribution is 2.36. The number of benzene rings is 1. The van der Waals surface area contributed by atoms with Crippen LogP contribution in [-0.4, -0.2) is 18.1 Å². The van der Waals surface area contributed by atoms with Crippen LogP contribution in [-0.2, 0) is 12.4 Å². The van der Waals surface area contributed by atoms with Crippen molar-refractivity contribution in [2.24, 2.45) is 0 Å². The van der Waals surface area contributed by atoms with Crippen LogP contribution in [0.15, 0.2) is 53.3 Å². The monoisotopic (exact) mass is 449 g/mol. The summed E-state index contributed by atoms with van der Waals surface area (Å²) >= 11 is 5.82. The zero-order chi connectivity index (χ0) is 21.9. The van der Waals surface area contributed by atoms with E-state index in [0.29, 0.717) is 11.9 Å². The van der Waals surface area contributed by atoms with Gasteiger partial charge in [-0.05, 0) is 36.4 Å². The fraction of sp³-hybridized carbons (Fsp3) is 0.211. The van der Waals surface area contributed by atoms with E-state index in [1.807, 2.05) is 0 Å². The van der Waals surface area contributed by atoms with Crippen LogP contribution in [0.3, 0.4) is 0 Å². The number of pyridine rings is 1. The number of aromatic nitrogens is 1. The Morgan fingerprint density at radius 1 is 0.900 bits per heavy atom. The van der Waals surface area contributed by atoms with Crippen molar-refractivity contribution in [3.8, 4) is 11.3 Å². The molecule has 4 nitrogen and oxygen atoms in total. The predicted molar refractivity (Wildman–Crippen MR) is 100 cm³/mol. The van der Waals surface area contributed by atoms with Gasteiger partial charge < -0.3 is 15.1 Å². The molecule has 1 aromatic carbocycles. The number of furan rings is 1. The summed E-state index contributed by atoms with van der Waals surface area (Å²) in [7, 11) is 0. The maximum absolute atomic E-state index is 13.0. The number of anilines is 2. The molecule has 2 aromatic heterocycles. The van der Waals surface area contributed by atoms with E-state index >= 15 is 0 Å². The normalized spacial score (nSPS) is 12.1. The Bertz CT molecular complexity index is 1000. The van der Waals surface area contributed by atoms with E-state index in [9.17, 15) is 26.3 Å². The Morgan fingerprint density at radius 3 is 2.20 bits per heavy atom. The number of hydrogen-bond donors (Lipinski definition) is 2. The summed E-state index contributed by atoms with van der Waals surface area (Å²) in [6, 6.07) is 7.04. The molecule has 3 aromatic rings. The second-order valence-corrected chi connectivity index (χ2v) is 6.55. The van der Waals surface area contributed by atoms with Gasteiger partial charge >= 0.3 is 12.4 Å². The van der Waals surface area contributed by atoms with Gasteiger partial charge in [0.2, 0.25) is 0 Å². The molecule has 0 fully saturated rings. The molecule has 0 aliphatic carbocycles. The molecule has 0 aliphatic rings. The Balaban J connectivity index is 1.68. The first-order valence-corrected chi connectivity index (χ1v) is 8.89. The lowest BCUT2D eigenvalue weighted by Gasteiger charge is -2.15. The van der Waals surface area contributed by atoms with Gasteiger partial charge in [0.1, 0.15) is 11.6 Å². The molecule has 11 heteroatoms. The number of alkyl halides is 6. The number of hydrogen-bond acceptors (Lipinski definition) is 4. The summed E-state index contributed by atoms with van der Waals surface area (Å²) < 4.78 is 82.2. The van der Waals surface area contributed by atoms with E-state index in [1.54, 1.807) is 6.07 Å². The van der Waals surface area contributed by atoms with Crippen LogP contribution in [0.5, 0.6) is 0 Å². The largest absolute Gasteiger partial charge is 0.464 e. The molecule has 0 spiro atoms. The fourth-order valence-corrected chi connectivity index (χ4v) is 2.84. The number of nitrogens with one attached hydrogen (secondary N) is 2. The van der Waals surface area contributed by atoms with Crippen LogP contribution >= 0.6 is 11.6 Å². The van der Waals surface area contributed by atoms with Gasteiger partial charge in [0.25, 0.3) is 0 Å². The van der Waals surface area contributed by atoms with Crippen molar-refractivity contribution in [1.82, 2.24) is 4.98 Å². The van der Waals surface area contributed by atoms with Crippen molar-refractivity contribution in [3.05, 3.63) is 65.0 Å². The van der Waals surface area contributed by atoms with Crippen LogP contribution in [0.1, 0.15) is 11.1 Å². The molecule has 0 amide bonds. The Kier molecular flexibility index (Phi) is 6.16. The summed E-state index contributed by atoms with van der Waals surface area (Å²) in [6.07, 6.45) is -7.06. The topological polar surface area (TPSA) is 50.1 Å². The van der Waals surface area contributed by atoms with E-state index < -0.39 is 23.5 Å². The van der Waals surface area contributed by atoms with E-state index in [-0.39, 0.29) is 35.3 Å². The van der Waals surface area contributed by atoms with Gasteiger partial charge in [-0.1, -0.05) is 11.6 Å². The van der Waals surface area contributed by atoms with E-state index in [4.69, 9.17) is 16.0 Å². The summed E-state index contributed by atoms with van der Waals surface area (Å²) in [5, 5.41) is 5.54. The standard InChI is InChI=1S/C19H14ClF6N3O/c20-14-9-12(19(24,25)26)10-29-17(14)28-6-5-27-15-4-3-11(18(21,22)23)8-13(15)16-2-1-7-30-16/h1-4,7-10,27H,5-6H2,(H,28,29). The third kappa shape index (κ3) is 5.18. The van der Waals surface area contributed by atoms with Gasteiger partial charge in [0.15, 0.2) is 0 Å². The SMILES string of the molecule is FC(F)(F)c1cnc(NCCNc2ccc(C(F)(F)F)cc2-c2ccco2)c(Cl)c1. The zero-order valence-electron chi connectivity index (χ0n) is 15.0. The Labute approximate surface area is 171 Å². The van der Waals surface area contributed by atoms with E-state index in [2.05, 4.69) is 15.6 Å². The molecule has 3 rings (SSSR count). The van der Waals surface area contributed by atoms with Gasteiger partial charge in [-0.15, -0.1) is 0 Å². The van der Waals surface area contributed by atoms with Crippen LogP contribution in [0, 0.1) is 0 Å². The maximum Gasteiger partial charge on any atom is 0.417 e. The molecule has 0 radical (unpaired) electrons. The third-order valence-electron chi connectivity index (χ3n) is 4.03. The van der Waals surface area contributed by atoms with Crippen LogP contribution in [0.25, 0.3) is 11.3 Å². The predicted octanol–water partition coefficient (Wildman–Crippen LogP) is 6.56. The second-order valence-electron chi connectivity index (χ2n) is 6.14.